The number of fused-ring (bicyclic) bond motifs is 1. The highest BCUT2D eigenvalue weighted by Crippen LogP contribution is 2.27. The number of nitrogens with one attached hydrogen (secondary N) is 2. The SMILES string of the molecule is NC(=O)c1ccc2nc(-c3ccc(S(=O)(=O)Nc4ccc(Cl)c(Cl)c4)nc3)[nH]c2c1. The Morgan fingerprint density at radius 3 is 2.50 bits per heavy atom. The summed E-state index contributed by atoms with van der Waals surface area (Å²) >= 11 is 11.8. The van der Waals surface area contributed by atoms with Gasteiger partial charge in [0, 0.05) is 17.3 Å². The molecule has 0 spiro atoms. The van der Waals surface area contributed by atoms with Crippen LogP contribution in [0.5, 0.6) is 0 Å². The number of benzene rings is 2. The van der Waals surface area contributed by atoms with Crippen molar-refractivity contribution >= 4 is 55.9 Å². The minimum atomic E-state index is -3.93. The van der Waals surface area contributed by atoms with Crippen LogP contribution in [0.25, 0.3) is 22.4 Å². The van der Waals surface area contributed by atoms with Gasteiger partial charge in [-0.15, -0.1) is 0 Å². The van der Waals surface area contributed by atoms with Gasteiger partial charge in [0.15, 0.2) is 5.03 Å². The van der Waals surface area contributed by atoms with Crippen LogP contribution in [0.4, 0.5) is 5.69 Å². The van der Waals surface area contributed by atoms with Gasteiger partial charge in [-0.2, -0.15) is 8.42 Å². The summed E-state index contributed by atoms with van der Waals surface area (Å²) in [5.74, 6) is -0.0701. The van der Waals surface area contributed by atoms with Gasteiger partial charge in [-0.25, -0.2) is 9.97 Å². The minimum Gasteiger partial charge on any atom is -0.366 e. The van der Waals surface area contributed by atoms with Crippen molar-refractivity contribution in [3.05, 3.63) is 70.3 Å². The number of rotatable bonds is 5. The zero-order chi connectivity index (χ0) is 21.5. The molecule has 0 radical (unpaired) electrons. The smallest absolute Gasteiger partial charge is 0.279 e. The molecule has 4 rings (SSSR count). The summed E-state index contributed by atoms with van der Waals surface area (Å²) < 4.78 is 27.5. The first-order valence-corrected chi connectivity index (χ1v) is 10.7. The van der Waals surface area contributed by atoms with Crippen molar-refractivity contribution in [2.75, 3.05) is 4.72 Å². The fourth-order valence-electron chi connectivity index (χ4n) is 2.75. The number of aromatic amines is 1. The number of hydrogen-bond acceptors (Lipinski definition) is 5. The fourth-order valence-corrected chi connectivity index (χ4v) is 4.02. The molecule has 2 heterocycles. The molecule has 4 N–H and O–H groups in total. The lowest BCUT2D eigenvalue weighted by Gasteiger charge is -2.08. The average Bonchev–Trinajstić information content (AvgIpc) is 3.14. The summed E-state index contributed by atoms with van der Waals surface area (Å²) in [5, 5.41) is 0.366. The van der Waals surface area contributed by atoms with Crippen LogP contribution in [-0.4, -0.2) is 29.3 Å². The molecule has 0 unspecified atom stereocenters. The molecule has 0 bridgehead atoms. The maximum absolute atomic E-state index is 12.6. The molecule has 30 heavy (non-hydrogen) atoms. The number of hydrogen-bond donors (Lipinski definition) is 3. The Balaban J connectivity index is 1.61. The number of halogens is 2. The van der Waals surface area contributed by atoms with Crippen LogP contribution in [-0.2, 0) is 10.0 Å². The van der Waals surface area contributed by atoms with Crippen molar-refractivity contribution in [3.8, 4) is 11.4 Å². The summed E-state index contributed by atoms with van der Waals surface area (Å²) in [6.07, 6.45) is 1.39. The Hall–Kier alpha value is -3.14. The number of nitrogens with zero attached hydrogens (tertiary/aromatic N) is 2. The second-order valence-electron chi connectivity index (χ2n) is 6.30. The first-order chi connectivity index (χ1) is 14.2. The van der Waals surface area contributed by atoms with E-state index in [9.17, 15) is 13.2 Å². The normalized spacial score (nSPS) is 11.5. The van der Waals surface area contributed by atoms with Gasteiger partial charge in [-0.05, 0) is 48.5 Å². The van der Waals surface area contributed by atoms with Crippen molar-refractivity contribution in [2.45, 2.75) is 5.03 Å². The Morgan fingerprint density at radius 2 is 1.83 bits per heavy atom. The minimum absolute atomic E-state index is 0.176. The van der Waals surface area contributed by atoms with Gasteiger partial charge in [-0.1, -0.05) is 23.2 Å². The third-order valence-electron chi connectivity index (χ3n) is 4.22. The summed E-state index contributed by atoms with van der Waals surface area (Å²) in [7, 11) is -3.93. The van der Waals surface area contributed by atoms with E-state index in [-0.39, 0.29) is 15.7 Å². The number of carbonyl (C=O) groups is 1. The Labute approximate surface area is 181 Å². The van der Waals surface area contributed by atoms with Crippen molar-refractivity contribution in [1.29, 1.82) is 0 Å². The van der Waals surface area contributed by atoms with Crippen LogP contribution in [0, 0.1) is 0 Å². The Bertz CT molecular complexity index is 1390. The molecule has 2 aromatic carbocycles. The van der Waals surface area contributed by atoms with E-state index in [2.05, 4.69) is 19.7 Å². The number of pyridine rings is 1. The van der Waals surface area contributed by atoms with Crippen LogP contribution in [0.1, 0.15) is 10.4 Å². The Morgan fingerprint density at radius 1 is 1.03 bits per heavy atom. The van der Waals surface area contributed by atoms with Gasteiger partial charge < -0.3 is 10.7 Å². The monoisotopic (exact) mass is 461 g/mol. The van der Waals surface area contributed by atoms with Crippen LogP contribution in [0.3, 0.4) is 0 Å². The van der Waals surface area contributed by atoms with Gasteiger partial charge in [0.05, 0.1) is 26.8 Å². The average molecular weight is 462 g/mol. The van der Waals surface area contributed by atoms with E-state index in [0.717, 1.165) is 0 Å². The molecule has 0 saturated heterocycles. The van der Waals surface area contributed by atoms with Gasteiger partial charge in [0.25, 0.3) is 10.0 Å². The molecule has 0 atom stereocenters. The van der Waals surface area contributed by atoms with Gasteiger partial charge in [0.1, 0.15) is 5.82 Å². The highest BCUT2D eigenvalue weighted by Gasteiger charge is 2.17. The van der Waals surface area contributed by atoms with Crippen LogP contribution in [0.15, 0.2) is 59.8 Å². The molecular formula is C19H13Cl2N5O3S. The Kier molecular flexibility index (Phi) is 5.10. The van der Waals surface area contributed by atoms with Crippen molar-refractivity contribution < 1.29 is 13.2 Å². The van der Waals surface area contributed by atoms with E-state index >= 15 is 0 Å². The zero-order valence-corrected chi connectivity index (χ0v) is 17.4. The molecule has 8 nitrogen and oxygen atoms in total. The standard InChI is InChI=1S/C19H13Cl2N5O3S/c20-13-4-3-12(8-14(13)21)26-30(28,29)17-6-2-11(9-23-17)19-24-15-5-1-10(18(22)27)7-16(15)25-19/h1-9,26H,(H2,22,27)(H,24,25). The second-order valence-corrected chi connectivity index (χ2v) is 8.74. The number of carbonyl (C=O) groups excluding carboxylic acids is 1. The first kappa shape index (κ1) is 20.1. The molecule has 1 amide bonds. The summed E-state index contributed by atoms with van der Waals surface area (Å²) in [6.45, 7) is 0. The quantitative estimate of drug-likeness (QED) is 0.415. The van der Waals surface area contributed by atoms with Crippen LogP contribution >= 0.6 is 23.2 Å². The van der Waals surface area contributed by atoms with Crippen molar-refractivity contribution in [2.24, 2.45) is 5.73 Å². The lowest BCUT2D eigenvalue weighted by Crippen LogP contribution is -2.14. The maximum atomic E-state index is 12.6. The maximum Gasteiger partial charge on any atom is 0.279 e. The number of sulfonamides is 1. The first-order valence-electron chi connectivity index (χ1n) is 8.47. The summed E-state index contributed by atoms with van der Waals surface area (Å²) in [4.78, 5) is 22.8. The van der Waals surface area contributed by atoms with E-state index in [0.29, 0.717) is 33.0 Å². The summed E-state index contributed by atoms with van der Waals surface area (Å²) in [5.41, 5.74) is 7.73. The number of nitrogens with two attached hydrogens (primary N) is 1. The summed E-state index contributed by atoms with van der Waals surface area (Å²) in [6, 6.07) is 12.2. The lowest BCUT2D eigenvalue weighted by atomic mass is 10.2. The second kappa shape index (κ2) is 7.60. The van der Waals surface area contributed by atoms with E-state index in [1.165, 1.54) is 30.5 Å². The predicted molar refractivity (Wildman–Crippen MR) is 115 cm³/mol. The number of imidazole rings is 1. The topological polar surface area (TPSA) is 131 Å². The van der Waals surface area contributed by atoms with E-state index < -0.39 is 15.9 Å². The van der Waals surface area contributed by atoms with Gasteiger partial charge >= 0.3 is 0 Å². The van der Waals surface area contributed by atoms with Crippen LogP contribution in [0.2, 0.25) is 10.0 Å². The molecule has 0 aliphatic heterocycles. The van der Waals surface area contributed by atoms with Crippen LogP contribution < -0.4 is 10.5 Å². The fraction of sp³-hybridized carbons (Fsp3) is 0. The molecule has 0 saturated carbocycles. The van der Waals surface area contributed by atoms with E-state index in [1.54, 1.807) is 24.3 Å². The molecule has 4 aromatic rings. The highest BCUT2D eigenvalue weighted by molar-refractivity contribution is 7.92. The van der Waals surface area contributed by atoms with Crippen molar-refractivity contribution in [1.82, 2.24) is 15.0 Å². The van der Waals surface area contributed by atoms with E-state index in [1.807, 2.05) is 0 Å². The number of primary amides is 1. The van der Waals surface area contributed by atoms with Crippen molar-refractivity contribution in [3.63, 3.8) is 0 Å². The highest BCUT2D eigenvalue weighted by atomic mass is 35.5. The third kappa shape index (κ3) is 3.95. The number of H-pyrrole nitrogens is 1. The molecule has 2 aromatic heterocycles. The third-order valence-corrected chi connectivity index (χ3v) is 6.26. The molecular weight excluding hydrogens is 449 g/mol. The zero-order valence-electron chi connectivity index (χ0n) is 15.1. The van der Waals surface area contributed by atoms with E-state index in [4.69, 9.17) is 28.9 Å². The molecule has 11 heteroatoms. The number of amides is 1. The lowest BCUT2D eigenvalue weighted by molar-refractivity contribution is 0.100. The number of aromatic nitrogens is 3. The largest absolute Gasteiger partial charge is 0.366 e. The number of anilines is 1. The van der Waals surface area contributed by atoms with Gasteiger partial charge in [0.2, 0.25) is 5.91 Å². The van der Waals surface area contributed by atoms with Gasteiger partial charge in [-0.3, -0.25) is 9.52 Å². The molecule has 152 valence electrons. The molecule has 0 aliphatic carbocycles. The predicted octanol–water partition coefficient (Wildman–Crippen LogP) is 3.83. The molecule has 0 aliphatic rings. The molecule has 0 fully saturated rings.